The highest BCUT2D eigenvalue weighted by Gasteiger charge is 2.24. The van der Waals surface area contributed by atoms with Crippen LogP contribution in [0.3, 0.4) is 0 Å². The predicted molar refractivity (Wildman–Crippen MR) is 68.4 cm³/mol. The van der Waals surface area contributed by atoms with E-state index in [9.17, 15) is 4.79 Å². The Morgan fingerprint density at radius 2 is 2.12 bits per heavy atom. The van der Waals surface area contributed by atoms with Gasteiger partial charge in [-0.3, -0.25) is 4.79 Å². The van der Waals surface area contributed by atoms with Crippen LogP contribution in [0.15, 0.2) is 24.3 Å². The molecule has 0 bridgehead atoms. The molecule has 1 N–H and O–H groups in total. The summed E-state index contributed by atoms with van der Waals surface area (Å²) in [6, 6.07) is 8.89. The van der Waals surface area contributed by atoms with Gasteiger partial charge in [-0.1, -0.05) is 17.7 Å². The number of nitrogens with zero attached hydrogens (tertiary/aromatic N) is 1. The third-order valence-corrected chi connectivity index (χ3v) is 3.43. The molecule has 0 radical (unpaired) electrons. The van der Waals surface area contributed by atoms with Gasteiger partial charge in [0.15, 0.2) is 0 Å². The van der Waals surface area contributed by atoms with Crippen LogP contribution in [0.4, 0.5) is 5.69 Å². The Morgan fingerprint density at radius 3 is 2.76 bits per heavy atom. The zero-order chi connectivity index (χ0) is 12.3. The van der Waals surface area contributed by atoms with E-state index in [-0.39, 0.29) is 6.42 Å². The molecule has 1 heterocycles. The zero-order valence-electron chi connectivity index (χ0n) is 10.2. The van der Waals surface area contributed by atoms with Crippen LogP contribution in [0.2, 0.25) is 0 Å². The number of anilines is 1. The lowest BCUT2D eigenvalue weighted by atomic mass is 10.1. The Labute approximate surface area is 102 Å². The Bertz CT molecular complexity index is 386. The van der Waals surface area contributed by atoms with Gasteiger partial charge in [0.05, 0.1) is 0 Å². The molecule has 92 valence electrons. The number of carboxylic acids is 1. The van der Waals surface area contributed by atoms with E-state index >= 15 is 0 Å². The molecular weight excluding hydrogens is 214 g/mol. The van der Waals surface area contributed by atoms with Gasteiger partial charge in [0.2, 0.25) is 0 Å². The number of benzene rings is 1. The number of aliphatic carboxylic acids is 1. The Kier molecular flexibility index (Phi) is 3.67. The highest BCUT2D eigenvalue weighted by molar-refractivity contribution is 5.66. The molecule has 0 saturated carbocycles. The Morgan fingerprint density at radius 1 is 1.41 bits per heavy atom. The van der Waals surface area contributed by atoms with Gasteiger partial charge in [0.25, 0.3) is 0 Å². The molecule has 2 rings (SSSR count). The second-order valence-electron chi connectivity index (χ2n) is 4.76. The molecule has 1 fully saturated rings. The molecule has 17 heavy (non-hydrogen) atoms. The van der Waals surface area contributed by atoms with Crippen LogP contribution in [-0.4, -0.2) is 23.7 Å². The van der Waals surface area contributed by atoms with Gasteiger partial charge in [0.1, 0.15) is 0 Å². The van der Waals surface area contributed by atoms with Gasteiger partial charge >= 0.3 is 5.97 Å². The van der Waals surface area contributed by atoms with Crippen molar-refractivity contribution in [1.82, 2.24) is 0 Å². The first-order valence-electron chi connectivity index (χ1n) is 6.22. The van der Waals surface area contributed by atoms with E-state index in [0.717, 1.165) is 25.8 Å². The molecule has 1 aromatic rings. The van der Waals surface area contributed by atoms with E-state index < -0.39 is 5.97 Å². The quantitative estimate of drug-likeness (QED) is 0.869. The molecule has 1 aliphatic heterocycles. The lowest BCUT2D eigenvalue weighted by Crippen LogP contribution is -2.29. The number of carboxylic acid groups (broad SMARTS) is 1. The van der Waals surface area contributed by atoms with Crippen LogP contribution in [0.1, 0.15) is 31.2 Å². The first kappa shape index (κ1) is 12.0. The number of aryl methyl sites for hydroxylation is 1. The van der Waals surface area contributed by atoms with Crippen molar-refractivity contribution in [3.63, 3.8) is 0 Å². The summed E-state index contributed by atoms with van der Waals surface area (Å²) in [6.45, 7) is 3.13. The standard InChI is InChI=1S/C14H19NO2/c1-11-4-6-13(7-5-11)15-10-2-3-12(15)8-9-14(16)17/h4-7,12H,2-3,8-10H2,1H3,(H,16,17). The number of carbonyl (C=O) groups is 1. The normalized spacial score (nSPS) is 19.6. The van der Waals surface area contributed by atoms with Crippen LogP contribution in [-0.2, 0) is 4.79 Å². The van der Waals surface area contributed by atoms with Gasteiger partial charge in [0, 0.05) is 24.7 Å². The largest absolute Gasteiger partial charge is 0.481 e. The van der Waals surface area contributed by atoms with Crippen molar-refractivity contribution in [3.05, 3.63) is 29.8 Å². The van der Waals surface area contributed by atoms with Crippen molar-refractivity contribution in [2.75, 3.05) is 11.4 Å². The maximum absolute atomic E-state index is 10.6. The summed E-state index contributed by atoms with van der Waals surface area (Å²) in [5, 5.41) is 8.75. The van der Waals surface area contributed by atoms with E-state index in [1.807, 2.05) is 0 Å². The fourth-order valence-corrected chi connectivity index (χ4v) is 2.50. The van der Waals surface area contributed by atoms with Gasteiger partial charge in [-0.25, -0.2) is 0 Å². The van der Waals surface area contributed by atoms with E-state index in [1.54, 1.807) is 0 Å². The highest BCUT2D eigenvalue weighted by Crippen LogP contribution is 2.28. The van der Waals surface area contributed by atoms with E-state index in [0.29, 0.717) is 6.04 Å². The molecule has 1 saturated heterocycles. The van der Waals surface area contributed by atoms with Crippen molar-refractivity contribution in [1.29, 1.82) is 0 Å². The maximum atomic E-state index is 10.6. The Hall–Kier alpha value is -1.51. The van der Waals surface area contributed by atoms with Crippen molar-refractivity contribution in [2.24, 2.45) is 0 Å². The predicted octanol–water partition coefficient (Wildman–Crippen LogP) is 2.83. The fraction of sp³-hybridized carbons (Fsp3) is 0.500. The van der Waals surface area contributed by atoms with Gasteiger partial charge in [-0.05, 0) is 38.3 Å². The average Bonchev–Trinajstić information content (AvgIpc) is 2.75. The molecule has 0 spiro atoms. The molecule has 0 aliphatic carbocycles. The summed E-state index contributed by atoms with van der Waals surface area (Å²) in [5.74, 6) is -0.694. The number of hydrogen-bond donors (Lipinski definition) is 1. The van der Waals surface area contributed by atoms with Gasteiger partial charge in [-0.2, -0.15) is 0 Å². The summed E-state index contributed by atoms with van der Waals surface area (Å²) in [6.07, 6.45) is 3.30. The van der Waals surface area contributed by atoms with Crippen LogP contribution in [0, 0.1) is 6.92 Å². The third kappa shape index (κ3) is 2.99. The molecule has 3 heteroatoms. The highest BCUT2D eigenvalue weighted by atomic mass is 16.4. The molecule has 0 aromatic heterocycles. The molecule has 0 amide bonds. The van der Waals surface area contributed by atoms with Crippen molar-refractivity contribution < 1.29 is 9.90 Å². The summed E-state index contributed by atoms with van der Waals surface area (Å²) >= 11 is 0. The van der Waals surface area contributed by atoms with Crippen molar-refractivity contribution in [2.45, 2.75) is 38.6 Å². The molecular formula is C14H19NO2. The first-order chi connectivity index (χ1) is 8.16. The smallest absolute Gasteiger partial charge is 0.303 e. The first-order valence-corrected chi connectivity index (χ1v) is 6.22. The average molecular weight is 233 g/mol. The maximum Gasteiger partial charge on any atom is 0.303 e. The summed E-state index contributed by atoms with van der Waals surface area (Å²) in [5.41, 5.74) is 2.48. The van der Waals surface area contributed by atoms with E-state index in [2.05, 4.69) is 36.1 Å². The lowest BCUT2D eigenvalue weighted by Gasteiger charge is -2.26. The fourth-order valence-electron chi connectivity index (χ4n) is 2.50. The van der Waals surface area contributed by atoms with Crippen molar-refractivity contribution in [3.8, 4) is 0 Å². The second-order valence-corrected chi connectivity index (χ2v) is 4.76. The number of rotatable bonds is 4. The molecule has 1 aliphatic rings. The second kappa shape index (κ2) is 5.21. The van der Waals surface area contributed by atoms with Crippen LogP contribution >= 0.6 is 0 Å². The summed E-state index contributed by atoms with van der Waals surface area (Å²) < 4.78 is 0. The van der Waals surface area contributed by atoms with Crippen LogP contribution in [0.25, 0.3) is 0 Å². The van der Waals surface area contributed by atoms with E-state index in [4.69, 9.17) is 5.11 Å². The zero-order valence-corrected chi connectivity index (χ0v) is 10.2. The SMILES string of the molecule is Cc1ccc(N2CCCC2CCC(=O)O)cc1. The minimum atomic E-state index is -0.694. The monoisotopic (exact) mass is 233 g/mol. The molecule has 1 atom stereocenters. The molecule has 1 unspecified atom stereocenters. The van der Waals surface area contributed by atoms with Crippen molar-refractivity contribution >= 4 is 11.7 Å². The summed E-state index contributed by atoms with van der Waals surface area (Å²) in [4.78, 5) is 13.0. The van der Waals surface area contributed by atoms with Crippen LogP contribution in [0.5, 0.6) is 0 Å². The minimum absolute atomic E-state index is 0.271. The Balaban J connectivity index is 2.03. The minimum Gasteiger partial charge on any atom is -0.481 e. The number of hydrogen-bond acceptors (Lipinski definition) is 2. The molecule has 3 nitrogen and oxygen atoms in total. The topological polar surface area (TPSA) is 40.5 Å². The molecule has 1 aromatic carbocycles. The van der Waals surface area contributed by atoms with Gasteiger partial charge in [-0.15, -0.1) is 0 Å². The van der Waals surface area contributed by atoms with Gasteiger partial charge < -0.3 is 10.0 Å². The third-order valence-electron chi connectivity index (χ3n) is 3.43. The summed E-state index contributed by atoms with van der Waals surface area (Å²) in [7, 11) is 0. The van der Waals surface area contributed by atoms with Crippen LogP contribution < -0.4 is 4.90 Å². The van der Waals surface area contributed by atoms with E-state index in [1.165, 1.54) is 11.3 Å². The lowest BCUT2D eigenvalue weighted by molar-refractivity contribution is -0.137.